The molecule has 0 spiro atoms. The molecule has 4 fully saturated rings. The first-order valence-corrected chi connectivity index (χ1v) is 14.5. The molecule has 5 heterocycles. The minimum Gasteiger partial charge on any atom is -0.406 e. The number of piperidine rings is 4. The Balaban J connectivity index is 1.14. The van der Waals surface area contributed by atoms with E-state index in [2.05, 4.69) is 37.4 Å². The van der Waals surface area contributed by atoms with Crippen molar-refractivity contribution < 1.29 is 22.7 Å². The number of aromatic nitrogens is 1. The van der Waals surface area contributed by atoms with Crippen molar-refractivity contribution >= 4 is 22.9 Å². The normalized spacial score (nSPS) is 28.0. The molecule has 4 saturated heterocycles. The zero-order valence-electron chi connectivity index (χ0n) is 22.4. The number of nitrogens with zero attached hydrogens (tertiary/aromatic N) is 3. The van der Waals surface area contributed by atoms with Crippen molar-refractivity contribution in [2.45, 2.75) is 63.5 Å². The summed E-state index contributed by atoms with van der Waals surface area (Å²) in [4.78, 5) is 18.9. The average molecular weight is 550 g/mol. The van der Waals surface area contributed by atoms with Gasteiger partial charge in [-0.2, -0.15) is 0 Å². The molecule has 3 aromatic rings. The van der Waals surface area contributed by atoms with E-state index in [0.29, 0.717) is 30.5 Å². The van der Waals surface area contributed by atoms with Crippen molar-refractivity contribution in [3.05, 3.63) is 71.4 Å². The highest BCUT2D eigenvalue weighted by Crippen LogP contribution is 2.45. The van der Waals surface area contributed by atoms with Crippen molar-refractivity contribution in [2.75, 3.05) is 19.6 Å². The molecule has 5 nitrogen and oxygen atoms in total. The highest BCUT2D eigenvalue weighted by atomic mass is 19.4. The van der Waals surface area contributed by atoms with Gasteiger partial charge in [0.2, 0.25) is 5.91 Å². The summed E-state index contributed by atoms with van der Waals surface area (Å²) in [6, 6.07) is 15.1. The summed E-state index contributed by atoms with van der Waals surface area (Å²) in [7, 11) is 0. The minimum absolute atomic E-state index is 0.203. The van der Waals surface area contributed by atoms with Crippen LogP contribution in [-0.4, -0.2) is 58.4 Å². The number of carbonyl (C=O) groups excluding carboxylic acids is 1. The molecule has 0 saturated carbocycles. The first-order valence-electron chi connectivity index (χ1n) is 14.5. The number of hydrogen-bond donors (Lipinski definition) is 0. The van der Waals surface area contributed by atoms with Crippen LogP contribution in [0.5, 0.6) is 5.75 Å². The number of hydrogen-bond acceptors (Lipinski definition) is 3. The maximum atomic E-state index is 13.9. The summed E-state index contributed by atoms with van der Waals surface area (Å²) in [5.74, 6) is 1.17. The monoisotopic (exact) mass is 549 g/mol. The lowest BCUT2D eigenvalue weighted by Crippen LogP contribution is -2.66. The van der Waals surface area contributed by atoms with Gasteiger partial charge in [0.1, 0.15) is 5.75 Å². The third-order valence-electron chi connectivity index (χ3n) is 9.58. The number of carbonyl (C=O) groups is 1. The fourth-order valence-electron chi connectivity index (χ4n) is 8.03. The highest BCUT2D eigenvalue weighted by molar-refractivity contribution is 6.01. The van der Waals surface area contributed by atoms with Crippen LogP contribution in [0.3, 0.4) is 0 Å². The number of benzene rings is 2. The number of ether oxygens (including phenoxy) is 1. The van der Waals surface area contributed by atoms with Gasteiger partial charge in [0.15, 0.2) is 0 Å². The zero-order chi connectivity index (χ0) is 27.4. The molecule has 0 N–H and O–H groups in total. The standard InChI is InChI=1S/C32H34F3N3O2/c33-32(34,35)40-25-12-9-21(10-13-25)18-37-19-24(26-6-1-2-8-28(26)37)17-22-11-14-29-27-7-4-16-36-15-3-5-23(30(27)36)20-38(29)31(22)39/h1-2,6,8-10,12-13,17,19,23,27,29-30H,3-5,7,11,14-16,18,20H2/b22-17+/t23-,27-,29-,30+/m1/s1. The van der Waals surface area contributed by atoms with Gasteiger partial charge in [-0.05, 0) is 93.3 Å². The van der Waals surface area contributed by atoms with E-state index in [1.165, 1.54) is 50.9 Å². The topological polar surface area (TPSA) is 37.7 Å². The van der Waals surface area contributed by atoms with E-state index in [4.69, 9.17) is 0 Å². The fourth-order valence-corrected chi connectivity index (χ4v) is 8.03. The number of halogens is 3. The van der Waals surface area contributed by atoms with Crippen molar-refractivity contribution in [1.29, 1.82) is 0 Å². The maximum Gasteiger partial charge on any atom is 0.573 e. The third kappa shape index (κ3) is 4.70. The van der Waals surface area contributed by atoms with Crippen molar-refractivity contribution in [1.82, 2.24) is 14.4 Å². The molecule has 0 bridgehead atoms. The number of alkyl halides is 3. The average Bonchev–Trinajstić information content (AvgIpc) is 3.28. The van der Waals surface area contributed by atoms with Crippen molar-refractivity contribution in [2.24, 2.45) is 11.8 Å². The van der Waals surface area contributed by atoms with Gasteiger partial charge in [-0.3, -0.25) is 9.69 Å². The van der Waals surface area contributed by atoms with E-state index in [9.17, 15) is 18.0 Å². The summed E-state index contributed by atoms with van der Waals surface area (Å²) >= 11 is 0. The van der Waals surface area contributed by atoms with E-state index >= 15 is 0 Å². The quantitative estimate of drug-likeness (QED) is 0.350. The van der Waals surface area contributed by atoms with Crippen LogP contribution in [0, 0.1) is 11.8 Å². The van der Waals surface area contributed by atoms with E-state index in [1.54, 1.807) is 12.1 Å². The molecule has 4 aliphatic rings. The van der Waals surface area contributed by atoms with Gasteiger partial charge in [-0.15, -0.1) is 13.2 Å². The summed E-state index contributed by atoms with van der Waals surface area (Å²) < 4.78 is 43.7. The van der Waals surface area contributed by atoms with Crippen LogP contribution < -0.4 is 4.74 Å². The molecule has 1 amide bonds. The van der Waals surface area contributed by atoms with E-state index in [-0.39, 0.29) is 11.7 Å². The second-order valence-corrected chi connectivity index (χ2v) is 11.9. The van der Waals surface area contributed by atoms with Gasteiger partial charge in [0, 0.05) is 53.4 Å². The number of fused-ring (bicyclic) bond motifs is 3. The molecule has 7 rings (SSSR count). The fraction of sp³-hybridized carbons (Fsp3) is 0.469. The van der Waals surface area contributed by atoms with Crippen LogP contribution >= 0.6 is 0 Å². The first kappa shape index (κ1) is 25.7. The Morgan fingerprint density at radius 1 is 0.975 bits per heavy atom. The largest absolute Gasteiger partial charge is 0.573 e. The maximum absolute atomic E-state index is 13.9. The van der Waals surface area contributed by atoms with Gasteiger partial charge in [0.05, 0.1) is 0 Å². The molecule has 0 aliphatic carbocycles. The zero-order valence-corrected chi connectivity index (χ0v) is 22.4. The van der Waals surface area contributed by atoms with Gasteiger partial charge in [-0.25, -0.2) is 0 Å². The molecule has 8 heteroatoms. The first-order chi connectivity index (χ1) is 19.3. The summed E-state index contributed by atoms with van der Waals surface area (Å²) in [5.41, 5.74) is 3.78. The predicted molar refractivity (Wildman–Crippen MR) is 148 cm³/mol. The molecular weight excluding hydrogens is 515 g/mol. The Morgan fingerprint density at radius 2 is 1.75 bits per heavy atom. The minimum atomic E-state index is -4.71. The smallest absolute Gasteiger partial charge is 0.406 e. The van der Waals surface area contributed by atoms with Crippen LogP contribution in [0.15, 0.2) is 60.3 Å². The van der Waals surface area contributed by atoms with E-state index in [1.807, 2.05) is 18.2 Å². The van der Waals surface area contributed by atoms with Gasteiger partial charge < -0.3 is 14.2 Å². The Morgan fingerprint density at radius 3 is 2.55 bits per heavy atom. The van der Waals surface area contributed by atoms with Gasteiger partial charge in [0.25, 0.3) is 0 Å². The Labute approximate surface area is 232 Å². The Hall–Kier alpha value is -3.26. The van der Waals surface area contributed by atoms with E-state index < -0.39 is 6.36 Å². The highest BCUT2D eigenvalue weighted by Gasteiger charge is 2.51. The van der Waals surface area contributed by atoms with Crippen LogP contribution in [0.1, 0.15) is 49.7 Å². The van der Waals surface area contributed by atoms with Crippen molar-refractivity contribution in [3.63, 3.8) is 0 Å². The second kappa shape index (κ2) is 9.98. The molecule has 210 valence electrons. The van der Waals surface area contributed by atoms with Crippen molar-refractivity contribution in [3.8, 4) is 5.75 Å². The lowest BCUT2D eigenvalue weighted by molar-refractivity contribution is -0.274. The third-order valence-corrected chi connectivity index (χ3v) is 9.58. The molecule has 2 aromatic carbocycles. The second-order valence-electron chi connectivity index (χ2n) is 11.9. The SMILES string of the molecule is O=C1/C(=C/c2cn(Cc3ccc(OC(F)(F)F)cc3)c3ccccc23)CC[C@@H]2[C@H]3CCCN4CCC[C@H](CN12)[C@@H]34. The summed E-state index contributed by atoms with van der Waals surface area (Å²) in [6.07, 6.45) is 6.21. The molecule has 40 heavy (non-hydrogen) atoms. The van der Waals surface area contributed by atoms with Gasteiger partial charge >= 0.3 is 6.36 Å². The molecule has 1 aromatic heterocycles. The molecular formula is C32H34F3N3O2. The van der Waals surface area contributed by atoms with Gasteiger partial charge in [-0.1, -0.05) is 30.3 Å². The lowest BCUT2D eigenvalue weighted by atomic mass is 9.67. The molecule has 4 aliphatic heterocycles. The number of rotatable bonds is 4. The van der Waals surface area contributed by atoms with Crippen LogP contribution in [0.4, 0.5) is 13.2 Å². The molecule has 4 atom stereocenters. The Kier molecular flexibility index (Phi) is 6.41. The summed E-state index contributed by atoms with van der Waals surface area (Å²) in [5, 5.41) is 1.07. The predicted octanol–water partition coefficient (Wildman–Crippen LogP) is 6.47. The molecule has 0 unspecified atom stereocenters. The lowest BCUT2D eigenvalue weighted by Gasteiger charge is -2.58. The number of para-hydroxylation sites is 1. The van der Waals surface area contributed by atoms with Crippen LogP contribution in [0.2, 0.25) is 0 Å². The summed E-state index contributed by atoms with van der Waals surface area (Å²) in [6.45, 7) is 3.83. The molecule has 0 radical (unpaired) electrons. The Bertz CT molecular complexity index is 1440. The number of amides is 1. The van der Waals surface area contributed by atoms with E-state index in [0.717, 1.165) is 47.0 Å². The van der Waals surface area contributed by atoms with Crippen LogP contribution in [0.25, 0.3) is 17.0 Å². The van der Waals surface area contributed by atoms with Crippen LogP contribution in [-0.2, 0) is 11.3 Å².